The molecule has 0 saturated carbocycles. The van der Waals surface area contributed by atoms with E-state index in [2.05, 4.69) is 5.32 Å². The predicted molar refractivity (Wildman–Crippen MR) is 87.2 cm³/mol. The van der Waals surface area contributed by atoms with Gasteiger partial charge in [0.1, 0.15) is 6.10 Å². The molecule has 6 nitrogen and oxygen atoms in total. The molecule has 1 aromatic rings. The number of carbonyl (C=O) groups excluding carboxylic acids is 1. The molecule has 1 amide bonds. The number of hydrogen-bond donors (Lipinski definition) is 2. The minimum absolute atomic E-state index is 0.152. The average Bonchev–Trinajstić information content (AvgIpc) is 2.54. The monoisotopic (exact) mass is 339 g/mol. The fourth-order valence-electron chi connectivity index (χ4n) is 2.19. The second-order valence-corrected chi connectivity index (χ2v) is 6.44. The van der Waals surface area contributed by atoms with E-state index in [1.807, 2.05) is 30.3 Å². The van der Waals surface area contributed by atoms with Crippen molar-refractivity contribution in [2.75, 3.05) is 13.2 Å². The summed E-state index contributed by atoms with van der Waals surface area (Å²) >= 11 is 1.38. The van der Waals surface area contributed by atoms with Gasteiger partial charge in [0.25, 0.3) is 0 Å². The van der Waals surface area contributed by atoms with E-state index in [-0.39, 0.29) is 12.5 Å². The van der Waals surface area contributed by atoms with Crippen LogP contribution in [-0.4, -0.2) is 41.9 Å². The number of hydrogen-bond acceptors (Lipinski definition) is 5. The lowest BCUT2D eigenvalue weighted by molar-refractivity contribution is -0.137. The van der Waals surface area contributed by atoms with Crippen LogP contribution in [0.1, 0.15) is 24.8 Å². The van der Waals surface area contributed by atoms with Gasteiger partial charge in [0.15, 0.2) is 0 Å². The summed E-state index contributed by atoms with van der Waals surface area (Å²) in [5.41, 5.74) is 1.08. The highest BCUT2D eigenvalue weighted by Crippen LogP contribution is 2.19. The summed E-state index contributed by atoms with van der Waals surface area (Å²) in [4.78, 5) is 22.9. The highest BCUT2D eigenvalue weighted by molar-refractivity contribution is 7.99. The highest BCUT2D eigenvalue weighted by atomic mass is 32.2. The number of thioether (sulfide) groups is 1. The molecule has 1 saturated heterocycles. The summed E-state index contributed by atoms with van der Waals surface area (Å²) in [5.74, 6) is -0.335. The average molecular weight is 339 g/mol. The van der Waals surface area contributed by atoms with Crippen LogP contribution >= 0.6 is 11.8 Å². The predicted octanol–water partition coefficient (Wildman–Crippen LogP) is 2.63. The molecule has 2 N–H and O–H groups in total. The zero-order valence-electron chi connectivity index (χ0n) is 12.8. The Morgan fingerprint density at radius 2 is 2.00 bits per heavy atom. The number of benzene rings is 1. The Morgan fingerprint density at radius 3 is 2.65 bits per heavy atom. The topological polar surface area (TPSA) is 84.9 Å². The molecule has 0 aliphatic carbocycles. The molecule has 126 valence electrons. The van der Waals surface area contributed by atoms with E-state index in [9.17, 15) is 9.59 Å². The first-order valence-electron chi connectivity index (χ1n) is 7.55. The lowest BCUT2D eigenvalue weighted by atomic mass is 10.2. The molecule has 0 radical (unpaired) electrons. The van der Waals surface area contributed by atoms with Gasteiger partial charge >= 0.3 is 12.1 Å². The van der Waals surface area contributed by atoms with Crippen LogP contribution in [0.5, 0.6) is 0 Å². The van der Waals surface area contributed by atoms with Crippen LogP contribution < -0.4 is 5.32 Å². The van der Waals surface area contributed by atoms with Gasteiger partial charge in [-0.1, -0.05) is 30.3 Å². The van der Waals surface area contributed by atoms with E-state index in [0.29, 0.717) is 31.8 Å². The second-order valence-electron chi connectivity index (χ2n) is 5.24. The van der Waals surface area contributed by atoms with Crippen molar-refractivity contribution in [2.24, 2.45) is 0 Å². The first-order valence-corrected chi connectivity index (χ1v) is 8.60. The SMILES string of the molecule is O=C(O)CC(NC(=O)OC1CCOCC1)SCc1ccccc1. The third-order valence-electron chi connectivity index (χ3n) is 3.37. The molecule has 1 fully saturated rings. The highest BCUT2D eigenvalue weighted by Gasteiger charge is 2.21. The van der Waals surface area contributed by atoms with Crippen LogP contribution in [0, 0.1) is 0 Å². The van der Waals surface area contributed by atoms with Crippen LogP contribution in [0.25, 0.3) is 0 Å². The fourth-order valence-corrected chi connectivity index (χ4v) is 3.22. The number of aliphatic carboxylic acids is 1. The van der Waals surface area contributed by atoms with Crippen molar-refractivity contribution < 1.29 is 24.2 Å². The zero-order valence-corrected chi connectivity index (χ0v) is 13.6. The second kappa shape index (κ2) is 9.42. The maximum absolute atomic E-state index is 11.9. The lowest BCUT2D eigenvalue weighted by Gasteiger charge is -2.24. The van der Waals surface area contributed by atoms with E-state index in [1.165, 1.54) is 11.8 Å². The summed E-state index contributed by atoms with van der Waals surface area (Å²) in [6.45, 7) is 1.17. The molecular formula is C16H21NO5S. The maximum Gasteiger partial charge on any atom is 0.408 e. The van der Waals surface area contributed by atoms with Crippen LogP contribution in [-0.2, 0) is 20.0 Å². The molecule has 2 rings (SSSR count). The summed E-state index contributed by atoms with van der Waals surface area (Å²) < 4.78 is 10.5. The summed E-state index contributed by atoms with van der Waals surface area (Å²) in [7, 11) is 0. The van der Waals surface area contributed by atoms with Crippen LogP contribution in [0.15, 0.2) is 30.3 Å². The van der Waals surface area contributed by atoms with E-state index < -0.39 is 17.4 Å². The largest absolute Gasteiger partial charge is 0.481 e. The zero-order chi connectivity index (χ0) is 16.5. The molecule has 1 aromatic carbocycles. The quantitative estimate of drug-likeness (QED) is 0.743. The first-order chi connectivity index (χ1) is 11.1. The number of ether oxygens (including phenoxy) is 2. The minimum Gasteiger partial charge on any atom is -0.481 e. The number of alkyl carbamates (subject to hydrolysis) is 1. The third kappa shape index (κ3) is 6.92. The van der Waals surface area contributed by atoms with Gasteiger partial charge in [-0.25, -0.2) is 4.79 Å². The smallest absolute Gasteiger partial charge is 0.408 e. The van der Waals surface area contributed by atoms with Crippen LogP contribution in [0.4, 0.5) is 4.79 Å². The van der Waals surface area contributed by atoms with Crippen LogP contribution in [0.2, 0.25) is 0 Å². The van der Waals surface area contributed by atoms with Crippen molar-refractivity contribution in [3.8, 4) is 0 Å². The fraction of sp³-hybridized carbons (Fsp3) is 0.500. The van der Waals surface area contributed by atoms with Gasteiger partial charge in [0.05, 0.1) is 25.0 Å². The molecule has 0 bridgehead atoms. The van der Waals surface area contributed by atoms with Crippen molar-refractivity contribution in [3.05, 3.63) is 35.9 Å². The Morgan fingerprint density at radius 1 is 1.30 bits per heavy atom. The number of carbonyl (C=O) groups is 2. The molecule has 1 heterocycles. The Kier molecular flexibility index (Phi) is 7.22. The Balaban J connectivity index is 1.81. The molecule has 1 aliphatic rings. The molecule has 7 heteroatoms. The van der Waals surface area contributed by atoms with Gasteiger partial charge in [-0.2, -0.15) is 0 Å². The third-order valence-corrected chi connectivity index (χ3v) is 4.56. The van der Waals surface area contributed by atoms with Crippen molar-refractivity contribution in [1.82, 2.24) is 5.32 Å². The van der Waals surface area contributed by atoms with Crippen molar-refractivity contribution >= 4 is 23.8 Å². The van der Waals surface area contributed by atoms with Gasteiger partial charge in [0.2, 0.25) is 0 Å². The van der Waals surface area contributed by atoms with Crippen molar-refractivity contribution in [1.29, 1.82) is 0 Å². The van der Waals surface area contributed by atoms with Gasteiger partial charge in [-0.3, -0.25) is 4.79 Å². The van der Waals surface area contributed by atoms with Crippen molar-refractivity contribution in [3.63, 3.8) is 0 Å². The van der Waals surface area contributed by atoms with Gasteiger partial charge in [-0.05, 0) is 5.56 Å². The number of rotatable bonds is 7. The van der Waals surface area contributed by atoms with E-state index >= 15 is 0 Å². The Hall–Kier alpha value is -1.73. The van der Waals surface area contributed by atoms with Crippen molar-refractivity contribution in [2.45, 2.75) is 36.5 Å². The summed E-state index contributed by atoms with van der Waals surface area (Å²) in [6.07, 6.45) is 0.472. The number of carboxylic acid groups (broad SMARTS) is 1. The lowest BCUT2D eigenvalue weighted by Crippen LogP contribution is -2.38. The van der Waals surface area contributed by atoms with E-state index in [4.69, 9.17) is 14.6 Å². The van der Waals surface area contributed by atoms with E-state index in [1.54, 1.807) is 0 Å². The molecular weight excluding hydrogens is 318 g/mol. The molecule has 1 unspecified atom stereocenters. The summed E-state index contributed by atoms with van der Waals surface area (Å²) in [5, 5.41) is 11.1. The number of amides is 1. The molecule has 1 atom stereocenters. The number of carboxylic acids is 1. The minimum atomic E-state index is -0.957. The van der Waals surface area contributed by atoms with E-state index in [0.717, 1.165) is 5.56 Å². The van der Waals surface area contributed by atoms with Gasteiger partial charge < -0.3 is 19.9 Å². The Bertz CT molecular complexity index is 504. The number of nitrogens with one attached hydrogen (secondary N) is 1. The molecule has 1 aliphatic heterocycles. The molecule has 23 heavy (non-hydrogen) atoms. The Labute approximate surface area is 139 Å². The summed E-state index contributed by atoms with van der Waals surface area (Å²) in [6, 6.07) is 9.70. The van der Waals surface area contributed by atoms with Crippen LogP contribution in [0.3, 0.4) is 0 Å². The first kappa shape index (κ1) is 17.6. The molecule has 0 spiro atoms. The molecule has 0 aromatic heterocycles. The van der Waals surface area contributed by atoms with Gasteiger partial charge in [0, 0.05) is 18.6 Å². The standard InChI is InChI=1S/C16H21NO5S/c18-15(19)10-14(23-11-12-4-2-1-3-5-12)17-16(20)22-13-6-8-21-9-7-13/h1-5,13-14H,6-11H2,(H,17,20)(H,18,19). The normalized spacial score (nSPS) is 16.5. The maximum atomic E-state index is 11.9. The van der Waals surface area contributed by atoms with Gasteiger partial charge in [-0.15, -0.1) is 11.8 Å².